The Balaban J connectivity index is 2.17. The van der Waals surface area contributed by atoms with Crippen LogP contribution >= 0.6 is 0 Å². The summed E-state index contributed by atoms with van der Waals surface area (Å²) >= 11 is 0. The lowest BCUT2D eigenvalue weighted by Crippen LogP contribution is -2.13. The number of aromatic amines is 1. The van der Waals surface area contributed by atoms with E-state index in [-0.39, 0.29) is 11.7 Å². The van der Waals surface area contributed by atoms with Gasteiger partial charge in [0.15, 0.2) is 0 Å². The number of carbonyl (C=O) groups is 1. The Hall–Kier alpha value is -2.50. The monoisotopic (exact) mass is 246 g/mol. The van der Waals surface area contributed by atoms with Crippen molar-refractivity contribution in [1.82, 2.24) is 10.2 Å². The van der Waals surface area contributed by atoms with Crippen LogP contribution in [0.15, 0.2) is 24.4 Å². The fraction of sp³-hybridized carbons (Fsp3) is 0.167. The van der Waals surface area contributed by atoms with E-state index in [9.17, 15) is 4.79 Å². The van der Waals surface area contributed by atoms with Crippen molar-refractivity contribution in [3.8, 4) is 5.75 Å². The zero-order valence-electron chi connectivity index (χ0n) is 10.2. The van der Waals surface area contributed by atoms with Crippen molar-refractivity contribution in [2.24, 2.45) is 0 Å². The summed E-state index contributed by atoms with van der Waals surface area (Å²) in [5.41, 5.74) is 7.51. The molecule has 2 rings (SSSR count). The molecule has 2 aromatic rings. The van der Waals surface area contributed by atoms with Gasteiger partial charge in [-0.2, -0.15) is 5.10 Å². The van der Waals surface area contributed by atoms with Crippen LogP contribution < -0.4 is 15.8 Å². The lowest BCUT2D eigenvalue weighted by atomic mass is 10.2. The molecule has 1 heterocycles. The minimum Gasteiger partial charge on any atom is -0.496 e. The highest BCUT2D eigenvalue weighted by atomic mass is 16.5. The van der Waals surface area contributed by atoms with Gasteiger partial charge in [0.1, 0.15) is 17.1 Å². The highest BCUT2D eigenvalue weighted by molar-refractivity contribution is 6.07. The number of nitrogens with zero attached hydrogens (tertiary/aromatic N) is 1. The van der Waals surface area contributed by atoms with Crippen LogP contribution in [0.1, 0.15) is 15.9 Å². The SMILES string of the molecule is COc1ccc(NC(=O)c2cn[nH]c2N)cc1C. The van der Waals surface area contributed by atoms with Gasteiger partial charge in [0.05, 0.1) is 13.3 Å². The fourth-order valence-electron chi connectivity index (χ4n) is 1.63. The summed E-state index contributed by atoms with van der Waals surface area (Å²) in [5, 5.41) is 8.95. The van der Waals surface area contributed by atoms with Crippen molar-refractivity contribution >= 4 is 17.4 Å². The predicted molar refractivity (Wildman–Crippen MR) is 68.7 cm³/mol. The smallest absolute Gasteiger partial charge is 0.261 e. The van der Waals surface area contributed by atoms with Gasteiger partial charge >= 0.3 is 0 Å². The summed E-state index contributed by atoms with van der Waals surface area (Å²) in [7, 11) is 1.60. The second-order valence-electron chi connectivity index (χ2n) is 3.84. The van der Waals surface area contributed by atoms with E-state index >= 15 is 0 Å². The number of anilines is 2. The fourth-order valence-corrected chi connectivity index (χ4v) is 1.63. The summed E-state index contributed by atoms with van der Waals surface area (Å²) < 4.78 is 5.15. The van der Waals surface area contributed by atoms with E-state index in [0.29, 0.717) is 11.3 Å². The van der Waals surface area contributed by atoms with Crippen molar-refractivity contribution in [3.63, 3.8) is 0 Å². The highest BCUT2D eigenvalue weighted by Gasteiger charge is 2.12. The van der Waals surface area contributed by atoms with E-state index in [1.807, 2.05) is 13.0 Å². The molecule has 6 heteroatoms. The maximum atomic E-state index is 11.9. The molecular formula is C12H14N4O2. The Morgan fingerprint density at radius 2 is 2.28 bits per heavy atom. The average Bonchev–Trinajstić information content (AvgIpc) is 2.76. The highest BCUT2D eigenvalue weighted by Crippen LogP contribution is 2.22. The molecule has 1 aromatic heterocycles. The van der Waals surface area contributed by atoms with E-state index in [0.717, 1.165) is 11.3 Å². The van der Waals surface area contributed by atoms with Gasteiger partial charge in [0.2, 0.25) is 0 Å². The molecule has 0 spiro atoms. The van der Waals surface area contributed by atoms with Crippen LogP contribution in [0.5, 0.6) is 5.75 Å². The summed E-state index contributed by atoms with van der Waals surface area (Å²) in [6, 6.07) is 5.39. The van der Waals surface area contributed by atoms with Crippen LogP contribution in [0.3, 0.4) is 0 Å². The molecule has 0 atom stereocenters. The van der Waals surface area contributed by atoms with Crippen molar-refractivity contribution in [1.29, 1.82) is 0 Å². The lowest BCUT2D eigenvalue weighted by molar-refractivity contribution is 0.102. The normalized spacial score (nSPS) is 10.1. The van der Waals surface area contributed by atoms with E-state index in [2.05, 4.69) is 15.5 Å². The number of amides is 1. The van der Waals surface area contributed by atoms with Crippen LogP contribution in [-0.4, -0.2) is 23.2 Å². The predicted octanol–water partition coefficient (Wildman–Crippen LogP) is 1.56. The van der Waals surface area contributed by atoms with Crippen LogP contribution in [0.2, 0.25) is 0 Å². The van der Waals surface area contributed by atoms with Crippen molar-refractivity contribution < 1.29 is 9.53 Å². The third kappa shape index (κ3) is 2.27. The summed E-state index contributed by atoms with van der Waals surface area (Å²) in [4.78, 5) is 11.9. The summed E-state index contributed by atoms with van der Waals surface area (Å²) in [6.45, 7) is 1.90. The first-order valence-corrected chi connectivity index (χ1v) is 5.36. The molecule has 0 fully saturated rings. The number of ether oxygens (including phenoxy) is 1. The lowest BCUT2D eigenvalue weighted by Gasteiger charge is -2.08. The molecule has 4 N–H and O–H groups in total. The van der Waals surface area contributed by atoms with Gasteiger partial charge < -0.3 is 15.8 Å². The third-order valence-electron chi connectivity index (χ3n) is 2.57. The van der Waals surface area contributed by atoms with E-state index in [1.54, 1.807) is 19.2 Å². The molecule has 0 bridgehead atoms. The second-order valence-corrected chi connectivity index (χ2v) is 3.84. The second kappa shape index (κ2) is 4.79. The quantitative estimate of drug-likeness (QED) is 0.766. The molecular weight excluding hydrogens is 232 g/mol. The Morgan fingerprint density at radius 1 is 1.50 bits per heavy atom. The minimum absolute atomic E-state index is 0.248. The number of nitrogens with two attached hydrogens (primary N) is 1. The zero-order valence-corrected chi connectivity index (χ0v) is 10.2. The number of carbonyl (C=O) groups excluding carboxylic acids is 1. The number of methoxy groups -OCH3 is 1. The van der Waals surface area contributed by atoms with Crippen molar-refractivity contribution in [3.05, 3.63) is 35.5 Å². The summed E-state index contributed by atoms with van der Waals surface area (Å²) in [5.74, 6) is 0.722. The van der Waals surface area contributed by atoms with Crippen molar-refractivity contribution in [2.75, 3.05) is 18.2 Å². The van der Waals surface area contributed by atoms with Gasteiger partial charge in [-0.1, -0.05) is 0 Å². The molecule has 0 saturated carbocycles. The number of aryl methyl sites for hydroxylation is 1. The number of aromatic nitrogens is 2. The number of nitrogens with one attached hydrogen (secondary N) is 2. The Kier molecular flexibility index (Phi) is 3.18. The molecule has 1 amide bonds. The summed E-state index contributed by atoms with van der Waals surface area (Å²) in [6.07, 6.45) is 1.39. The van der Waals surface area contributed by atoms with Crippen LogP contribution in [0, 0.1) is 6.92 Å². The number of hydrogen-bond donors (Lipinski definition) is 3. The standard InChI is InChI=1S/C12H14N4O2/c1-7-5-8(3-4-10(7)18-2)15-12(17)9-6-14-16-11(9)13/h3-6H,1-2H3,(H,15,17)(H3,13,14,16). The molecule has 0 radical (unpaired) electrons. The average molecular weight is 246 g/mol. The van der Waals surface area contributed by atoms with Gasteiger partial charge in [0, 0.05) is 5.69 Å². The first-order chi connectivity index (χ1) is 8.61. The molecule has 18 heavy (non-hydrogen) atoms. The van der Waals surface area contributed by atoms with E-state index < -0.39 is 0 Å². The minimum atomic E-state index is -0.300. The van der Waals surface area contributed by atoms with Gasteiger partial charge in [0.25, 0.3) is 5.91 Å². The molecule has 6 nitrogen and oxygen atoms in total. The zero-order chi connectivity index (χ0) is 13.1. The van der Waals surface area contributed by atoms with Crippen LogP contribution in [-0.2, 0) is 0 Å². The largest absolute Gasteiger partial charge is 0.496 e. The first kappa shape index (κ1) is 12.0. The Labute approximate surface area is 104 Å². The molecule has 1 aromatic carbocycles. The molecule has 0 aliphatic carbocycles. The first-order valence-electron chi connectivity index (χ1n) is 5.36. The molecule has 0 saturated heterocycles. The molecule has 0 aliphatic heterocycles. The molecule has 94 valence electrons. The van der Waals surface area contributed by atoms with Crippen LogP contribution in [0.4, 0.5) is 11.5 Å². The molecule has 0 aliphatic rings. The number of nitrogen functional groups attached to an aromatic ring is 1. The number of H-pyrrole nitrogens is 1. The Bertz CT molecular complexity index is 577. The van der Waals surface area contributed by atoms with E-state index in [1.165, 1.54) is 6.20 Å². The van der Waals surface area contributed by atoms with Gasteiger partial charge in [-0.05, 0) is 30.7 Å². The Morgan fingerprint density at radius 3 is 2.83 bits per heavy atom. The molecule has 0 unspecified atom stereocenters. The van der Waals surface area contributed by atoms with E-state index in [4.69, 9.17) is 10.5 Å². The number of hydrogen-bond acceptors (Lipinski definition) is 4. The van der Waals surface area contributed by atoms with Crippen molar-refractivity contribution in [2.45, 2.75) is 6.92 Å². The van der Waals surface area contributed by atoms with Gasteiger partial charge in [-0.25, -0.2) is 0 Å². The maximum absolute atomic E-state index is 11.9. The maximum Gasteiger partial charge on any atom is 0.261 e. The number of rotatable bonds is 3. The van der Waals surface area contributed by atoms with Crippen LogP contribution in [0.25, 0.3) is 0 Å². The topological polar surface area (TPSA) is 93.0 Å². The number of benzene rings is 1. The van der Waals surface area contributed by atoms with Gasteiger partial charge in [-0.3, -0.25) is 9.89 Å². The van der Waals surface area contributed by atoms with Gasteiger partial charge in [-0.15, -0.1) is 0 Å². The third-order valence-corrected chi connectivity index (χ3v) is 2.57.